The number of aromatic nitrogens is 1. The van der Waals surface area contributed by atoms with Gasteiger partial charge in [0, 0.05) is 31.1 Å². The summed E-state index contributed by atoms with van der Waals surface area (Å²) < 4.78 is 0.773. The van der Waals surface area contributed by atoms with Crippen molar-refractivity contribution in [1.29, 1.82) is 0 Å². The Hall–Kier alpha value is -0.870. The lowest BCUT2D eigenvalue weighted by Crippen LogP contribution is -2.24. The second kappa shape index (κ2) is 4.55. The molecule has 1 amide bonds. The molecular formula is C11H10BrClN2O. The lowest BCUT2D eigenvalue weighted by Gasteiger charge is -2.17. The van der Waals surface area contributed by atoms with Crippen molar-refractivity contribution in [2.75, 3.05) is 11.4 Å². The highest BCUT2D eigenvalue weighted by Crippen LogP contribution is 2.32. The van der Waals surface area contributed by atoms with E-state index in [2.05, 4.69) is 27.5 Å². The van der Waals surface area contributed by atoms with Crippen molar-refractivity contribution in [2.24, 2.45) is 5.92 Å². The lowest BCUT2D eigenvalue weighted by atomic mass is 10.1. The van der Waals surface area contributed by atoms with Crippen molar-refractivity contribution >= 4 is 39.1 Å². The predicted molar refractivity (Wildman–Crippen MR) is 67.6 cm³/mol. The third-order valence-corrected chi connectivity index (χ3v) is 3.40. The minimum absolute atomic E-state index is 0.0906. The summed E-state index contributed by atoms with van der Waals surface area (Å²) in [5.41, 5.74) is 0.773. The fourth-order valence-electron chi connectivity index (χ4n) is 1.74. The number of hydrogen-bond donors (Lipinski definition) is 0. The molecule has 3 nitrogen and oxygen atoms in total. The van der Waals surface area contributed by atoms with E-state index in [1.165, 1.54) is 0 Å². The van der Waals surface area contributed by atoms with Gasteiger partial charge in [-0.25, -0.2) is 4.98 Å². The van der Waals surface area contributed by atoms with Crippen molar-refractivity contribution < 1.29 is 4.79 Å². The molecule has 1 fully saturated rings. The number of carbonyl (C=O) groups excluding carboxylic acids is 1. The molecule has 84 valence electrons. The monoisotopic (exact) mass is 300 g/mol. The van der Waals surface area contributed by atoms with Crippen LogP contribution in [0.4, 0.5) is 5.69 Å². The number of hydrogen-bond acceptors (Lipinski definition) is 2. The van der Waals surface area contributed by atoms with E-state index < -0.39 is 0 Å². The summed E-state index contributed by atoms with van der Waals surface area (Å²) in [4.78, 5) is 17.4. The zero-order valence-corrected chi connectivity index (χ0v) is 10.8. The van der Waals surface area contributed by atoms with Crippen LogP contribution in [0.15, 0.2) is 29.4 Å². The van der Waals surface area contributed by atoms with Crippen LogP contribution in [0.5, 0.6) is 0 Å². The molecule has 5 heteroatoms. The average molecular weight is 302 g/mol. The minimum atomic E-state index is 0.0906. The quantitative estimate of drug-likeness (QED) is 0.621. The lowest BCUT2D eigenvalue weighted by molar-refractivity contribution is -0.117. The second-order valence-corrected chi connectivity index (χ2v) is 4.90. The maximum Gasteiger partial charge on any atom is 0.227 e. The van der Waals surface area contributed by atoms with Gasteiger partial charge in [-0.15, -0.1) is 6.58 Å². The standard InChI is InChI=1S/C11H10BrClN2O/c1-2-7-3-11(16)15(6-7)9-4-10(13)14-5-8(9)12/h2,4-5,7H,1,3,6H2. The van der Waals surface area contributed by atoms with Crippen LogP contribution in [0.3, 0.4) is 0 Å². The van der Waals surface area contributed by atoms with E-state index in [9.17, 15) is 4.79 Å². The third-order valence-electron chi connectivity index (χ3n) is 2.58. The Kier molecular flexibility index (Phi) is 3.30. The molecule has 1 aromatic heterocycles. The normalized spacial score (nSPS) is 20.2. The number of amides is 1. The van der Waals surface area contributed by atoms with Gasteiger partial charge >= 0.3 is 0 Å². The first-order valence-corrected chi connectivity index (χ1v) is 6.03. The maximum atomic E-state index is 11.8. The van der Waals surface area contributed by atoms with Gasteiger partial charge in [0.2, 0.25) is 5.91 Å². The molecule has 1 saturated heterocycles. The average Bonchev–Trinajstić information content (AvgIpc) is 2.63. The van der Waals surface area contributed by atoms with E-state index in [1.54, 1.807) is 17.2 Å². The Morgan fingerprint density at radius 2 is 2.44 bits per heavy atom. The van der Waals surface area contributed by atoms with Crippen molar-refractivity contribution in [3.63, 3.8) is 0 Å². The molecule has 1 atom stereocenters. The summed E-state index contributed by atoms with van der Waals surface area (Å²) in [7, 11) is 0. The highest BCUT2D eigenvalue weighted by Gasteiger charge is 2.29. The summed E-state index contributed by atoms with van der Waals surface area (Å²) in [5, 5.41) is 0.382. The minimum Gasteiger partial charge on any atom is -0.310 e. The van der Waals surface area contributed by atoms with Gasteiger partial charge in [-0.05, 0) is 15.9 Å². The molecule has 16 heavy (non-hydrogen) atoms. The number of carbonyl (C=O) groups is 1. The molecule has 1 aromatic rings. The number of nitrogens with zero attached hydrogens (tertiary/aromatic N) is 2. The SMILES string of the molecule is C=CC1CC(=O)N(c2cc(Cl)ncc2Br)C1. The van der Waals surface area contributed by atoms with Crippen molar-refractivity contribution in [3.05, 3.63) is 34.5 Å². The first-order valence-electron chi connectivity index (χ1n) is 4.85. The Balaban J connectivity index is 2.34. The fraction of sp³-hybridized carbons (Fsp3) is 0.273. The Morgan fingerprint density at radius 1 is 1.69 bits per heavy atom. The van der Waals surface area contributed by atoms with Gasteiger partial charge in [0.1, 0.15) is 5.15 Å². The molecule has 1 aliphatic rings. The van der Waals surface area contributed by atoms with Gasteiger partial charge in [0.05, 0.1) is 10.2 Å². The topological polar surface area (TPSA) is 33.2 Å². The van der Waals surface area contributed by atoms with E-state index >= 15 is 0 Å². The summed E-state index contributed by atoms with van der Waals surface area (Å²) in [5.74, 6) is 0.305. The summed E-state index contributed by atoms with van der Waals surface area (Å²) in [6, 6.07) is 1.69. The van der Waals surface area contributed by atoms with Crippen LogP contribution in [0, 0.1) is 5.92 Å². The zero-order chi connectivity index (χ0) is 11.7. The summed E-state index contributed by atoms with van der Waals surface area (Å²) in [6.07, 6.45) is 3.93. The molecule has 0 bridgehead atoms. The number of anilines is 1. The molecule has 0 aromatic carbocycles. The predicted octanol–water partition coefficient (Wildman–Crippen LogP) is 3.04. The van der Waals surface area contributed by atoms with Crippen LogP contribution >= 0.6 is 27.5 Å². The zero-order valence-electron chi connectivity index (χ0n) is 8.49. The van der Waals surface area contributed by atoms with E-state index in [4.69, 9.17) is 11.6 Å². The van der Waals surface area contributed by atoms with Crippen LogP contribution in [0.1, 0.15) is 6.42 Å². The van der Waals surface area contributed by atoms with E-state index in [0.717, 1.165) is 10.2 Å². The van der Waals surface area contributed by atoms with Gasteiger partial charge in [-0.2, -0.15) is 0 Å². The molecule has 0 saturated carbocycles. The number of rotatable bonds is 2. The smallest absolute Gasteiger partial charge is 0.227 e. The number of halogens is 2. The molecule has 0 N–H and O–H groups in total. The van der Waals surface area contributed by atoms with Crippen LogP contribution < -0.4 is 4.90 Å². The van der Waals surface area contributed by atoms with Gasteiger partial charge in [-0.3, -0.25) is 4.79 Å². The van der Waals surface area contributed by atoms with Crippen LogP contribution in [-0.4, -0.2) is 17.4 Å². The van der Waals surface area contributed by atoms with Gasteiger partial charge in [-0.1, -0.05) is 17.7 Å². The largest absolute Gasteiger partial charge is 0.310 e. The van der Waals surface area contributed by atoms with Crippen molar-refractivity contribution in [1.82, 2.24) is 4.98 Å². The molecular weight excluding hydrogens is 291 g/mol. The van der Waals surface area contributed by atoms with Crippen LogP contribution in [0.25, 0.3) is 0 Å². The second-order valence-electron chi connectivity index (χ2n) is 3.66. The molecule has 0 aliphatic carbocycles. The highest BCUT2D eigenvalue weighted by atomic mass is 79.9. The van der Waals surface area contributed by atoms with Crippen molar-refractivity contribution in [3.8, 4) is 0 Å². The first kappa shape index (κ1) is 11.6. The molecule has 1 unspecified atom stereocenters. The highest BCUT2D eigenvalue weighted by molar-refractivity contribution is 9.10. The van der Waals surface area contributed by atoms with E-state index in [-0.39, 0.29) is 11.8 Å². The third kappa shape index (κ3) is 2.13. The molecule has 2 rings (SSSR count). The summed E-state index contributed by atoms with van der Waals surface area (Å²) in [6.45, 7) is 4.37. The Morgan fingerprint density at radius 3 is 3.06 bits per heavy atom. The Bertz CT molecular complexity index is 450. The van der Waals surface area contributed by atoms with Crippen LogP contribution in [-0.2, 0) is 4.79 Å². The fourth-order valence-corrected chi connectivity index (χ4v) is 2.32. The van der Waals surface area contributed by atoms with Crippen LogP contribution in [0.2, 0.25) is 5.15 Å². The summed E-state index contributed by atoms with van der Waals surface area (Å²) >= 11 is 9.19. The molecule has 1 aliphatic heterocycles. The molecule has 0 radical (unpaired) electrons. The van der Waals surface area contributed by atoms with Gasteiger partial charge in [0.25, 0.3) is 0 Å². The van der Waals surface area contributed by atoms with Gasteiger partial charge < -0.3 is 4.90 Å². The van der Waals surface area contributed by atoms with Crippen molar-refractivity contribution in [2.45, 2.75) is 6.42 Å². The molecule has 2 heterocycles. The maximum absolute atomic E-state index is 11.8. The van der Waals surface area contributed by atoms with E-state index in [1.807, 2.05) is 6.08 Å². The Labute approximate surface area is 107 Å². The first-order chi connectivity index (χ1) is 7.61. The number of pyridine rings is 1. The van der Waals surface area contributed by atoms with Gasteiger partial charge in [0.15, 0.2) is 0 Å². The van der Waals surface area contributed by atoms with E-state index in [0.29, 0.717) is 18.1 Å². The molecule has 0 spiro atoms.